The second-order valence-corrected chi connectivity index (χ2v) is 5.71. The highest BCUT2D eigenvalue weighted by atomic mass is 15.2. The predicted molar refractivity (Wildman–Crippen MR) is 82.8 cm³/mol. The van der Waals surface area contributed by atoms with E-state index in [0.29, 0.717) is 6.04 Å². The lowest BCUT2D eigenvalue weighted by Crippen LogP contribution is -2.52. The summed E-state index contributed by atoms with van der Waals surface area (Å²) in [4.78, 5) is 7.05. The van der Waals surface area contributed by atoms with E-state index in [-0.39, 0.29) is 0 Å². The first-order valence-corrected chi connectivity index (χ1v) is 7.71. The molecule has 1 aromatic carbocycles. The van der Waals surface area contributed by atoms with Crippen LogP contribution in [-0.2, 0) is 6.54 Å². The van der Waals surface area contributed by atoms with Crippen LogP contribution in [0.25, 0.3) is 0 Å². The maximum Gasteiger partial charge on any atom is 0.191 e. The third kappa shape index (κ3) is 3.73. The molecule has 0 aromatic heterocycles. The fourth-order valence-corrected chi connectivity index (χ4v) is 2.98. The van der Waals surface area contributed by atoms with Gasteiger partial charge in [0.2, 0.25) is 0 Å². The molecular formula is C16H24N4. The minimum atomic E-state index is 0.525. The van der Waals surface area contributed by atoms with Crippen molar-refractivity contribution in [2.24, 2.45) is 4.99 Å². The molecule has 3 rings (SSSR count). The first-order valence-electron chi connectivity index (χ1n) is 7.71. The quantitative estimate of drug-likeness (QED) is 0.878. The number of nitrogens with one attached hydrogen (secondary N) is 2. The van der Waals surface area contributed by atoms with Gasteiger partial charge in [0.25, 0.3) is 0 Å². The van der Waals surface area contributed by atoms with Crippen molar-refractivity contribution in [3.63, 3.8) is 0 Å². The lowest BCUT2D eigenvalue weighted by atomic mass is 10.0. The molecule has 0 spiro atoms. The molecule has 0 radical (unpaired) electrons. The number of guanidine groups is 1. The molecule has 2 aliphatic heterocycles. The van der Waals surface area contributed by atoms with Gasteiger partial charge in [0.05, 0.1) is 0 Å². The number of nitrogens with zero attached hydrogens (tertiary/aromatic N) is 2. The Kier molecular flexibility index (Phi) is 4.53. The minimum Gasteiger partial charge on any atom is -0.356 e. The molecule has 2 aliphatic rings. The molecule has 2 heterocycles. The molecule has 4 nitrogen and oxygen atoms in total. The minimum absolute atomic E-state index is 0.525. The standard InChI is InChI=1S/C16H24N4/c1-2-6-14(7-3-1)12-20-11-4-8-15(13-20)19-16-17-9-5-10-18-16/h1-3,6-7,15H,4-5,8-13H2,(H2,17,18,19). The summed E-state index contributed by atoms with van der Waals surface area (Å²) in [6.45, 7) is 5.36. The van der Waals surface area contributed by atoms with Crippen molar-refractivity contribution in [1.29, 1.82) is 0 Å². The van der Waals surface area contributed by atoms with E-state index in [1.165, 1.54) is 24.9 Å². The van der Waals surface area contributed by atoms with E-state index in [1.54, 1.807) is 0 Å². The molecule has 0 aliphatic carbocycles. The Morgan fingerprint density at radius 2 is 2.15 bits per heavy atom. The second kappa shape index (κ2) is 6.75. The van der Waals surface area contributed by atoms with E-state index in [1.807, 2.05) is 0 Å². The van der Waals surface area contributed by atoms with Crippen LogP contribution in [0, 0.1) is 0 Å². The van der Waals surface area contributed by atoms with Crippen LogP contribution in [0.1, 0.15) is 24.8 Å². The maximum atomic E-state index is 4.51. The fraction of sp³-hybridized carbons (Fsp3) is 0.562. The van der Waals surface area contributed by atoms with Gasteiger partial charge in [-0.3, -0.25) is 9.89 Å². The molecule has 4 heteroatoms. The number of aliphatic imine (C=N–C) groups is 1. The van der Waals surface area contributed by atoms with E-state index in [2.05, 4.69) is 50.9 Å². The first-order chi connectivity index (χ1) is 9.90. The molecule has 1 unspecified atom stereocenters. The van der Waals surface area contributed by atoms with Crippen LogP contribution < -0.4 is 10.6 Å². The van der Waals surface area contributed by atoms with E-state index < -0.39 is 0 Å². The predicted octanol–water partition coefficient (Wildman–Crippen LogP) is 1.59. The third-order valence-electron chi connectivity index (χ3n) is 3.99. The van der Waals surface area contributed by atoms with Gasteiger partial charge in [0, 0.05) is 32.2 Å². The molecule has 0 bridgehead atoms. The van der Waals surface area contributed by atoms with Crippen LogP contribution in [0.3, 0.4) is 0 Å². The molecule has 0 saturated carbocycles. The average molecular weight is 272 g/mol. The topological polar surface area (TPSA) is 39.7 Å². The molecule has 1 fully saturated rings. The van der Waals surface area contributed by atoms with Gasteiger partial charge >= 0.3 is 0 Å². The van der Waals surface area contributed by atoms with E-state index in [4.69, 9.17) is 0 Å². The Bertz CT molecular complexity index is 443. The van der Waals surface area contributed by atoms with Gasteiger partial charge in [0.1, 0.15) is 0 Å². The van der Waals surface area contributed by atoms with Crippen LogP contribution in [-0.4, -0.2) is 43.1 Å². The molecular weight excluding hydrogens is 248 g/mol. The zero-order chi connectivity index (χ0) is 13.6. The summed E-state index contributed by atoms with van der Waals surface area (Å²) in [6, 6.07) is 11.3. The zero-order valence-electron chi connectivity index (χ0n) is 12.0. The van der Waals surface area contributed by atoms with Crippen LogP contribution in [0.15, 0.2) is 35.3 Å². The molecule has 2 N–H and O–H groups in total. The van der Waals surface area contributed by atoms with Gasteiger partial charge in [-0.25, -0.2) is 0 Å². The fourth-order valence-electron chi connectivity index (χ4n) is 2.98. The Hall–Kier alpha value is -1.55. The highest BCUT2D eigenvalue weighted by Crippen LogP contribution is 2.13. The summed E-state index contributed by atoms with van der Waals surface area (Å²) < 4.78 is 0. The van der Waals surface area contributed by atoms with Crippen molar-refractivity contribution in [3.05, 3.63) is 35.9 Å². The normalized spacial score (nSPS) is 23.8. The summed E-state index contributed by atoms with van der Waals surface area (Å²) in [7, 11) is 0. The smallest absolute Gasteiger partial charge is 0.191 e. The average Bonchev–Trinajstić information content (AvgIpc) is 2.50. The largest absolute Gasteiger partial charge is 0.356 e. The molecule has 108 valence electrons. The van der Waals surface area contributed by atoms with Crippen molar-refractivity contribution >= 4 is 5.96 Å². The van der Waals surface area contributed by atoms with Gasteiger partial charge in [-0.2, -0.15) is 0 Å². The Labute approximate surface area is 121 Å². The van der Waals surface area contributed by atoms with E-state index in [9.17, 15) is 0 Å². The van der Waals surface area contributed by atoms with E-state index in [0.717, 1.165) is 38.6 Å². The van der Waals surface area contributed by atoms with Crippen LogP contribution >= 0.6 is 0 Å². The highest BCUT2D eigenvalue weighted by molar-refractivity contribution is 5.80. The Morgan fingerprint density at radius 1 is 1.25 bits per heavy atom. The third-order valence-corrected chi connectivity index (χ3v) is 3.99. The monoisotopic (exact) mass is 272 g/mol. The van der Waals surface area contributed by atoms with Gasteiger partial charge in [-0.1, -0.05) is 30.3 Å². The molecule has 1 aromatic rings. The van der Waals surface area contributed by atoms with Crippen molar-refractivity contribution in [1.82, 2.24) is 15.5 Å². The Morgan fingerprint density at radius 3 is 2.95 bits per heavy atom. The number of benzene rings is 1. The van der Waals surface area contributed by atoms with Crippen LogP contribution in [0.5, 0.6) is 0 Å². The summed E-state index contributed by atoms with van der Waals surface area (Å²) in [5.74, 6) is 1.00. The number of rotatable bonds is 3. The number of piperidine rings is 1. The summed E-state index contributed by atoms with van der Waals surface area (Å²) in [5, 5.41) is 6.92. The first kappa shape index (κ1) is 13.4. The molecule has 1 saturated heterocycles. The maximum absolute atomic E-state index is 4.51. The van der Waals surface area contributed by atoms with E-state index >= 15 is 0 Å². The number of likely N-dealkylation sites (tertiary alicyclic amines) is 1. The lowest BCUT2D eigenvalue weighted by Gasteiger charge is -2.34. The van der Waals surface area contributed by atoms with Crippen molar-refractivity contribution in [2.75, 3.05) is 26.2 Å². The van der Waals surface area contributed by atoms with Crippen molar-refractivity contribution in [2.45, 2.75) is 31.8 Å². The SMILES string of the molecule is c1ccc(CN2CCCC(NC3=NCCCN3)C2)cc1. The number of hydrogen-bond donors (Lipinski definition) is 2. The van der Waals surface area contributed by atoms with Crippen LogP contribution in [0.2, 0.25) is 0 Å². The summed E-state index contributed by atoms with van der Waals surface area (Å²) >= 11 is 0. The molecule has 0 amide bonds. The Balaban J connectivity index is 1.52. The lowest BCUT2D eigenvalue weighted by molar-refractivity contribution is 0.192. The van der Waals surface area contributed by atoms with Gasteiger partial charge in [-0.15, -0.1) is 0 Å². The molecule has 1 atom stereocenters. The van der Waals surface area contributed by atoms with Gasteiger partial charge in [-0.05, 0) is 31.4 Å². The summed E-state index contributed by atoms with van der Waals surface area (Å²) in [6.07, 6.45) is 3.65. The van der Waals surface area contributed by atoms with Crippen molar-refractivity contribution < 1.29 is 0 Å². The molecule has 20 heavy (non-hydrogen) atoms. The second-order valence-electron chi connectivity index (χ2n) is 5.71. The van der Waals surface area contributed by atoms with Gasteiger partial charge in [0.15, 0.2) is 5.96 Å². The summed E-state index contributed by atoms with van der Waals surface area (Å²) in [5.41, 5.74) is 1.40. The number of hydrogen-bond acceptors (Lipinski definition) is 4. The van der Waals surface area contributed by atoms with Crippen LogP contribution in [0.4, 0.5) is 0 Å². The highest BCUT2D eigenvalue weighted by Gasteiger charge is 2.21. The zero-order valence-corrected chi connectivity index (χ0v) is 12.0. The van der Waals surface area contributed by atoms with Gasteiger partial charge < -0.3 is 10.6 Å². The van der Waals surface area contributed by atoms with Crippen molar-refractivity contribution in [3.8, 4) is 0 Å².